The van der Waals surface area contributed by atoms with E-state index in [4.69, 9.17) is 9.47 Å². The van der Waals surface area contributed by atoms with Crippen LogP contribution in [0.5, 0.6) is 11.5 Å². The molecular weight excluding hydrogens is 517 g/mol. The van der Waals surface area contributed by atoms with Crippen molar-refractivity contribution in [1.82, 2.24) is 19.1 Å². The normalized spacial score (nSPS) is 18.0. The van der Waals surface area contributed by atoms with Crippen molar-refractivity contribution in [2.75, 3.05) is 17.4 Å². The molecular formula is C26H23F3N6O4. The zero-order chi connectivity index (χ0) is 27.5. The second-order valence-corrected chi connectivity index (χ2v) is 9.34. The van der Waals surface area contributed by atoms with Crippen LogP contribution in [-0.2, 0) is 7.05 Å². The van der Waals surface area contributed by atoms with E-state index in [1.54, 1.807) is 61.1 Å². The summed E-state index contributed by atoms with van der Waals surface area (Å²) in [6.07, 6.45) is -3.89. The lowest BCUT2D eigenvalue weighted by Crippen LogP contribution is -2.36. The van der Waals surface area contributed by atoms with Crippen LogP contribution in [0.3, 0.4) is 0 Å². The van der Waals surface area contributed by atoms with Crippen LogP contribution in [-0.4, -0.2) is 38.0 Å². The molecule has 2 aromatic carbocycles. The Hall–Kier alpha value is -4.68. The van der Waals surface area contributed by atoms with Crippen LogP contribution in [0.1, 0.15) is 40.1 Å². The predicted molar refractivity (Wildman–Crippen MR) is 135 cm³/mol. The maximum atomic E-state index is 14.1. The number of nitrogens with one attached hydrogen (secondary N) is 2. The minimum absolute atomic E-state index is 0.0156. The average molecular weight is 541 g/mol. The van der Waals surface area contributed by atoms with Gasteiger partial charge in [-0.2, -0.15) is 18.3 Å². The van der Waals surface area contributed by atoms with Crippen LogP contribution in [0.4, 0.5) is 24.7 Å². The molecule has 0 saturated heterocycles. The van der Waals surface area contributed by atoms with Gasteiger partial charge in [0.2, 0.25) is 6.79 Å². The second-order valence-electron chi connectivity index (χ2n) is 9.34. The van der Waals surface area contributed by atoms with E-state index in [1.807, 2.05) is 6.07 Å². The highest BCUT2D eigenvalue weighted by Crippen LogP contribution is 2.45. The van der Waals surface area contributed by atoms with Crippen LogP contribution in [0.25, 0.3) is 5.69 Å². The van der Waals surface area contributed by atoms with Gasteiger partial charge in [-0.3, -0.25) is 14.3 Å². The standard InChI is InChI=1S/C26H23F3N6O4/c1-14-22(25(37)35(33(14)2)16-6-4-3-5-7-16)32-24(36)17-12-30-34-21(26(27,28)29)11-18(31-23(17)34)15-8-9-19-20(10-15)39-13-38-19/h3-10,12,18,21,31H,11,13H2,1-2H3,(H,32,36). The van der Waals surface area contributed by atoms with Crippen LogP contribution in [0, 0.1) is 6.92 Å². The van der Waals surface area contributed by atoms with Gasteiger partial charge in [0.05, 0.1) is 23.6 Å². The molecule has 6 rings (SSSR count). The molecule has 0 fully saturated rings. The van der Waals surface area contributed by atoms with Crippen LogP contribution >= 0.6 is 0 Å². The number of anilines is 2. The minimum atomic E-state index is -4.62. The van der Waals surface area contributed by atoms with Gasteiger partial charge < -0.3 is 20.1 Å². The first-order valence-corrected chi connectivity index (χ1v) is 12.1. The molecule has 1 amide bonds. The fourth-order valence-corrected chi connectivity index (χ4v) is 4.97. The third-order valence-corrected chi connectivity index (χ3v) is 7.07. The number of aromatic nitrogens is 4. The number of para-hydroxylation sites is 1. The number of hydrogen-bond acceptors (Lipinski definition) is 6. The summed E-state index contributed by atoms with van der Waals surface area (Å²) in [5, 5.41) is 9.56. The van der Waals surface area contributed by atoms with Gasteiger partial charge in [0, 0.05) is 13.5 Å². The minimum Gasteiger partial charge on any atom is -0.454 e. The molecule has 39 heavy (non-hydrogen) atoms. The first-order valence-electron chi connectivity index (χ1n) is 12.1. The monoisotopic (exact) mass is 540 g/mol. The Labute approximate surface area is 219 Å². The number of halogens is 3. The number of nitrogens with zero attached hydrogens (tertiary/aromatic N) is 4. The number of ether oxygens (including phenoxy) is 2. The highest BCUT2D eigenvalue weighted by molar-refractivity contribution is 6.07. The molecule has 0 aliphatic carbocycles. The van der Waals surface area contributed by atoms with Gasteiger partial charge in [0.15, 0.2) is 17.5 Å². The third-order valence-electron chi connectivity index (χ3n) is 7.07. The summed E-state index contributed by atoms with van der Waals surface area (Å²) in [4.78, 5) is 26.6. The molecule has 2 aromatic heterocycles. The van der Waals surface area contributed by atoms with Crippen molar-refractivity contribution in [3.8, 4) is 17.2 Å². The van der Waals surface area contributed by atoms with E-state index >= 15 is 0 Å². The van der Waals surface area contributed by atoms with E-state index < -0.39 is 29.7 Å². The summed E-state index contributed by atoms with van der Waals surface area (Å²) in [6, 6.07) is 11.0. The van der Waals surface area contributed by atoms with Crippen LogP contribution in [0.15, 0.2) is 59.5 Å². The number of rotatable bonds is 4. The SMILES string of the molecule is Cc1c(NC(=O)c2cnn3c2NC(c2ccc4c(c2)OCO4)CC3C(F)(F)F)c(=O)n(-c2ccccc2)n1C. The molecule has 2 aliphatic rings. The number of alkyl halides is 3. The maximum Gasteiger partial charge on any atom is 0.410 e. The Balaban J connectivity index is 1.35. The van der Waals surface area contributed by atoms with Crippen molar-refractivity contribution in [3.05, 3.63) is 81.9 Å². The Morgan fingerprint density at radius 1 is 1.13 bits per heavy atom. The molecule has 0 spiro atoms. The molecule has 2 N–H and O–H groups in total. The van der Waals surface area contributed by atoms with Crippen LogP contribution in [0.2, 0.25) is 0 Å². The Morgan fingerprint density at radius 3 is 2.62 bits per heavy atom. The van der Waals surface area contributed by atoms with Crippen molar-refractivity contribution in [2.24, 2.45) is 7.05 Å². The van der Waals surface area contributed by atoms with E-state index in [0.29, 0.717) is 28.4 Å². The first-order chi connectivity index (χ1) is 18.6. The topological polar surface area (TPSA) is 104 Å². The van der Waals surface area contributed by atoms with Gasteiger partial charge in [0.25, 0.3) is 11.5 Å². The molecule has 13 heteroatoms. The fourth-order valence-electron chi connectivity index (χ4n) is 4.97. The molecule has 0 radical (unpaired) electrons. The van der Waals surface area contributed by atoms with E-state index in [1.165, 1.54) is 4.68 Å². The molecule has 2 aliphatic heterocycles. The quantitative estimate of drug-likeness (QED) is 0.400. The smallest absolute Gasteiger partial charge is 0.410 e. The third kappa shape index (κ3) is 4.10. The number of carbonyl (C=O) groups excluding carboxylic acids is 1. The summed E-state index contributed by atoms with van der Waals surface area (Å²) in [6.45, 7) is 1.70. The zero-order valence-corrected chi connectivity index (χ0v) is 20.8. The van der Waals surface area contributed by atoms with Crippen molar-refractivity contribution >= 4 is 17.4 Å². The van der Waals surface area contributed by atoms with Crippen molar-refractivity contribution in [1.29, 1.82) is 0 Å². The maximum absolute atomic E-state index is 14.1. The van der Waals surface area contributed by atoms with E-state index in [0.717, 1.165) is 10.9 Å². The summed E-state index contributed by atoms with van der Waals surface area (Å²) in [5.74, 6) is 0.0818. The Morgan fingerprint density at radius 2 is 1.87 bits per heavy atom. The molecule has 2 unspecified atom stereocenters. The summed E-state index contributed by atoms with van der Waals surface area (Å²) >= 11 is 0. The molecule has 2 atom stereocenters. The van der Waals surface area contributed by atoms with Crippen molar-refractivity contribution in [2.45, 2.75) is 31.6 Å². The van der Waals surface area contributed by atoms with Crippen molar-refractivity contribution < 1.29 is 27.4 Å². The molecule has 0 saturated carbocycles. The lowest BCUT2D eigenvalue weighted by atomic mass is 9.96. The highest BCUT2D eigenvalue weighted by Gasteiger charge is 2.47. The molecule has 0 bridgehead atoms. The van der Waals surface area contributed by atoms with Crippen LogP contribution < -0.4 is 25.7 Å². The summed E-state index contributed by atoms with van der Waals surface area (Å²) in [7, 11) is 1.67. The Kier molecular flexibility index (Phi) is 5.66. The zero-order valence-electron chi connectivity index (χ0n) is 20.8. The lowest BCUT2D eigenvalue weighted by molar-refractivity contribution is -0.173. The highest BCUT2D eigenvalue weighted by atomic mass is 19.4. The molecule has 10 nitrogen and oxygen atoms in total. The molecule has 4 aromatic rings. The summed E-state index contributed by atoms with van der Waals surface area (Å²) in [5.41, 5.74) is 1.02. The second kappa shape index (κ2) is 8.96. The average Bonchev–Trinajstić information content (AvgIpc) is 3.61. The predicted octanol–water partition coefficient (Wildman–Crippen LogP) is 4.32. The number of hydrogen-bond donors (Lipinski definition) is 2. The number of benzene rings is 2. The fraction of sp³-hybridized carbons (Fsp3) is 0.269. The molecule has 202 valence electrons. The van der Waals surface area contributed by atoms with Gasteiger partial charge in [-0.25, -0.2) is 9.36 Å². The van der Waals surface area contributed by atoms with Gasteiger partial charge in [-0.1, -0.05) is 24.3 Å². The summed E-state index contributed by atoms with van der Waals surface area (Å²) < 4.78 is 56.8. The van der Waals surface area contributed by atoms with Crippen molar-refractivity contribution in [3.63, 3.8) is 0 Å². The van der Waals surface area contributed by atoms with Gasteiger partial charge >= 0.3 is 6.18 Å². The Bertz CT molecular complexity index is 1640. The largest absolute Gasteiger partial charge is 0.454 e. The van der Waals surface area contributed by atoms with Gasteiger partial charge in [-0.05, 0) is 36.8 Å². The number of amides is 1. The lowest BCUT2D eigenvalue weighted by Gasteiger charge is -2.34. The van der Waals surface area contributed by atoms with E-state index in [-0.39, 0.29) is 30.3 Å². The molecule has 4 heterocycles. The van der Waals surface area contributed by atoms with Gasteiger partial charge in [0.1, 0.15) is 17.1 Å². The van der Waals surface area contributed by atoms with E-state index in [2.05, 4.69) is 15.7 Å². The first kappa shape index (κ1) is 24.6. The number of fused-ring (bicyclic) bond motifs is 2. The number of carbonyl (C=O) groups is 1. The van der Waals surface area contributed by atoms with E-state index in [9.17, 15) is 22.8 Å². The van der Waals surface area contributed by atoms with Gasteiger partial charge in [-0.15, -0.1) is 0 Å².